The van der Waals surface area contributed by atoms with Gasteiger partial charge in [0, 0.05) is 11.9 Å². The second-order valence-electron chi connectivity index (χ2n) is 3.10. The maximum Gasteiger partial charge on any atom is 0.488 e. The highest BCUT2D eigenvalue weighted by atomic mass is 16.4. The molecule has 0 radical (unpaired) electrons. The summed E-state index contributed by atoms with van der Waals surface area (Å²) < 4.78 is 0. The zero-order chi connectivity index (χ0) is 9.84. The van der Waals surface area contributed by atoms with Gasteiger partial charge < -0.3 is 10.0 Å². The Kier molecular flexibility index (Phi) is 3.45. The predicted molar refractivity (Wildman–Crippen MR) is 52.8 cm³/mol. The molecule has 0 aliphatic heterocycles. The van der Waals surface area contributed by atoms with Gasteiger partial charge in [-0.15, -0.1) is 0 Å². The van der Waals surface area contributed by atoms with Crippen molar-refractivity contribution in [2.24, 2.45) is 0 Å². The topological polar surface area (TPSA) is 53.4 Å². The lowest BCUT2D eigenvalue weighted by molar-refractivity contribution is 0.425. The average molecular weight is 179 g/mol. The van der Waals surface area contributed by atoms with Crippen LogP contribution in [0.5, 0.6) is 0 Å². The van der Waals surface area contributed by atoms with Crippen LogP contribution in [-0.2, 0) is 6.42 Å². The van der Waals surface area contributed by atoms with Gasteiger partial charge >= 0.3 is 7.12 Å². The molecule has 4 heteroatoms. The highest BCUT2D eigenvalue weighted by Gasteiger charge is 2.15. The van der Waals surface area contributed by atoms with Crippen molar-refractivity contribution < 1.29 is 10.0 Å². The third kappa shape index (κ3) is 2.29. The summed E-state index contributed by atoms with van der Waals surface area (Å²) in [7, 11) is -1.39. The number of nitrogens with zero attached hydrogens (tertiary/aromatic N) is 1. The molecule has 1 heterocycles. The summed E-state index contributed by atoms with van der Waals surface area (Å²) in [6.45, 7) is 3.94. The van der Waals surface area contributed by atoms with Crippen LogP contribution in [0, 0.1) is 6.92 Å². The van der Waals surface area contributed by atoms with Crippen molar-refractivity contribution >= 4 is 12.6 Å². The normalized spacial score (nSPS) is 10.2. The first-order valence-electron chi connectivity index (χ1n) is 4.47. The predicted octanol–water partition coefficient (Wildman–Crippen LogP) is 0.0223. The quantitative estimate of drug-likeness (QED) is 0.643. The summed E-state index contributed by atoms with van der Waals surface area (Å²) in [5.74, 6) is 0. The molecule has 2 N–H and O–H groups in total. The van der Waals surface area contributed by atoms with Crippen molar-refractivity contribution in [1.82, 2.24) is 4.98 Å². The van der Waals surface area contributed by atoms with Gasteiger partial charge in [0.05, 0.1) is 0 Å². The minimum absolute atomic E-state index is 0.554. The Hall–Kier alpha value is -0.865. The monoisotopic (exact) mass is 179 g/mol. The molecule has 0 aliphatic rings. The Balaban J connectivity index is 3.03. The standard InChI is InChI=1S/C9H14BNO2/c1-3-4-9-7(2)8(10(12)13)5-6-11-9/h5-6,12-13H,3-4H2,1-2H3. The summed E-state index contributed by atoms with van der Waals surface area (Å²) in [6.07, 6.45) is 3.51. The van der Waals surface area contributed by atoms with Crippen LogP contribution in [-0.4, -0.2) is 22.2 Å². The third-order valence-electron chi connectivity index (χ3n) is 2.12. The number of aryl methyl sites for hydroxylation is 1. The highest BCUT2D eigenvalue weighted by molar-refractivity contribution is 6.59. The van der Waals surface area contributed by atoms with E-state index >= 15 is 0 Å². The van der Waals surface area contributed by atoms with E-state index in [4.69, 9.17) is 10.0 Å². The first-order valence-corrected chi connectivity index (χ1v) is 4.47. The van der Waals surface area contributed by atoms with Crippen LogP contribution in [0.25, 0.3) is 0 Å². The molecule has 3 nitrogen and oxygen atoms in total. The van der Waals surface area contributed by atoms with Gasteiger partial charge in [-0.25, -0.2) is 0 Å². The molecule has 0 bridgehead atoms. The van der Waals surface area contributed by atoms with Crippen LogP contribution < -0.4 is 5.46 Å². The zero-order valence-corrected chi connectivity index (χ0v) is 7.99. The van der Waals surface area contributed by atoms with E-state index in [9.17, 15) is 0 Å². The van der Waals surface area contributed by atoms with Crippen LogP contribution in [0.2, 0.25) is 0 Å². The van der Waals surface area contributed by atoms with E-state index in [1.54, 1.807) is 12.3 Å². The number of pyridine rings is 1. The van der Waals surface area contributed by atoms with Crippen molar-refractivity contribution in [1.29, 1.82) is 0 Å². The van der Waals surface area contributed by atoms with Crippen molar-refractivity contribution in [2.75, 3.05) is 0 Å². The summed E-state index contributed by atoms with van der Waals surface area (Å²) >= 11 is 0. The minimum Gasteiger partial charge on any atom is -0.423 e. The van der Waals surface area contributed by atoms with E-state index in [-0.39, 0.29) is 0 Å². The molecule has 1 aromatic rings. The fraction of sp³-hybridized carbons (Fsp3) is 0.444. The molecule has 0 saturated heterocycles. The largest absolute Gasteiger partial charge is 0.488 e. The van der Waals surface area contributed by atoms with Gasteiger partial charge in [-0.05, 0) is 30.4 Å². The van der Waals surface area contributed by atoms with E-state index in [0.717, 1.165) is 24.1 Å². The number of rotatable bonds is 3. The molecule has 0 atom stereocenters. The second kappa shape index (κ2) is 4.39. The molecule has 70 valence electrons. The summed E-state index contributed by atoms with van der Waals surface area (Å²) in [6, 6.07) is 1.64. The smallest absolute Gasteiger partial charge is 0.423 e. The molecule has 1 aromatic heterocycles. The minimum atomic E-state index is -1.39. The third-order valence-corrected chi connectivity index (χ3v) is 2.12. The zero-order valence-electron chi connectivity index (χ0n) is 7.99. The molecule has 0 aromatic carbocycles. The second-order valence-corrected chi connectivity index (χ2v) is 3.10. The molecular formula is C9H14BNO2. The van der Waals surface area contributed by atoms with Gasteiger partial charge in [0.2, 0.25) is 0 Å². The van der Waals surface area contributed by atoms with Gasteiger partial charge in [-0.2, -0.15) is 0 Å². The van der Waals surface area contributed by atoms with Gasteiger partial charge in [-0.3, -0.25) is 4.98 Å². The SMILES string of the molecule is CCCc1nccc(B(O)O)c1C. The van der Waals surface area contributed by atoms with Gasteiger partial charge in [0.1, 0.15) is 0 Å². The van der Waals surface area contributed by atoms with E-state index in [2.05, 4.69) is 11.9 Å². The van der Waals surface area contributed by atoms with Crippen molar-refractivity contribution in [2.45, 2.75) is 26.7 Å². The van der Waals surface area contributed by atoms with Crippen LogP contribution in [0.1, 0.15) is 24.6 Å². The van der Waals surface area contributed by atoms with Crippen LogP contribution >= 0.6 is 0 Å². The lowest BCUT2D eigenvalue weighted by Crippen LogP contribution is -2.33. The average Bonchev–Trinajstić information content (AvgIpc) is 2.08. The summed E-state index contributed by atoms with van der Waals surface area (Å²) in [5, 5.41) is 18.0. The first kappa shape index (κ1) is 10.2. The Bertz CT molecular complexity index is 289. The maximum absolute atomic E-state index is 9.02. The van der Waals surface area contributed by atoms with E-state index in [0.29, 0.717) is 5.46 Å². The number of aromatic nitrogens is 1. The Morgan fingerprint density at radius 2 is 2.15 bits per heavy atom. The molecule has 0 unspecified atom stereocenters. The lowest BCUT2D eigenvalue weighted by Gasteiger charge is -2.08. The fourth-order valence-electron chi connectivity index (χ4n) is 1.36. The molecule has 0 amide bonds. The van der Waals surface area contributed by atoms with Crippen molar-refractivity contribution in [3.8, 4) is 0 Å². The first-order chi connectivity index (χ1) is 6.16. The van der Waals surface area contributed by atoms with Crippen molar-refractivity contribution in [3.63, 3.8) is 0 Å². The van der Waals surface area contributed by atoms with Crippen LogP contribution in [0.3, 0.4) is 0 Å². The summed E-state index contributed by atoms with van der Waals surface area (Å²) in [5.41, 5.74) is 2.39. The van der Waals surface area contributed by atoms with Crippen LogP contribution in [0.15, 0.2) is 12.3 Å². The van der Waals surface area contributed by atoms with E-state index in [1.165, 1.54) is 0 Å². The van der Waals surface area contributed by atoms with E-state index < -0.39 is 7.12 Å². The van der Waals surface area contributed by atoms with Crippen LogP contribution in [0.4, 0.5) is 0 Å². The highest BCUT2D eigenvalue weighted by Crippen LogP contribution is 2.04. The Morgan fingerprint density at radius 1 is 1.46 bits per heavy atom. The molecule has 1 rings (SSSR count). The number of hydrogen-bond donors (Lipinski definition) is 2. The molecular weight excluding hydrogens is 165 g/mol. The summed E-state index contributed by atoms with van der Waals surface area (Å²) in [4.78, 5) is 4.19. The number of hydrogen-bond acceptors (Lipinski definition) is 3. The Morgan fingerprint density at radius 3 is 2.69 bits per heavy atom. The molecule has 13 heavy (non-hydrogen) atoms. The molecule has 0 aliphatic carbocycles. The van der Waals surface area contributed by atoms with Gasteiger partial charge in [0.25, 0.3) is 0 Å². The molecule has 0 spiro atoms. The fourth-order valence-corrected chi connectivity index (χ4v) is 1.36. The van der Waals surface area contributed by atoms with Crippen molar-refractivity contribution in [3.05, 3.63) is 23.5 Å². The maximum atomic E-state index is 9.02. The lowest BCUT2D eigenvalue weighted by atomic mass is 9.77. The molecule has 0 fully saturated rings. The molecule has 0 saturated carbocycles. The van der Waals surface area contributed by atoms with Gasteiger partial charge in [0.15, 0.2) is 0 Å². The van der Waals surface area contributed by atoms with E-state index in [1.807, 2.05) is 6.92 Å². The van der Waals surface area contributed by atoms with Gasteiger partial charge in [-0.1, -0.05) is 13.3 Å². The Labute approximate surface area is 78.6 Å².